The Hall–Kier alpha value is -1.83. The summed E-state index contributed by atoms with van der Waals surface area (Å²) in [6.07, 6.45) is 1.76. The van der Waals surface area contributed by atoms with Crippen LogP contribution in [0.3, 0.4) is 0 Å². The zero-order valence-corrected chi connectivity index (χ0v) is 16.8. The number of hydrogen-bond donors (Lipinski definition) is 2. The molecule has 7 nitrogen and oxygen atoms in total. The summed E-state index contributed by atoms with van der Waals surface area (Å²) in [6, 6.07) is 8.10. The third-order valence-corrected chi connectivity index (χ3v) is 4.61. The first-order valence-electron chi connectivity index (χ1n) is 9.04. The molecule has 1 amide bonds. The molecule has 27 heavy (non-hydrogen) atoms. The van der Waals surface area contributed by atoms with Gasteiger partial charge in [-0.15, -0.1) is 12.4 Å². The van der Waals surface area contributed by atoms with Crippen LogP contribution in [0.1, 0.15) is 18.4 Å². The molecule has 1 heterocycles. The topological polar surface area (TPSA) is 82.1 Å². The Morgan fingerprint density at radius 3 is 2.67 bits per heavy atom. The van der Waals surface area contributed by atoms with Crippen molar-refractivity contribution in [1.29, 1.82) is 0 Å². The zero-order chi connectivity index (χ0) is 18.9. The van der Waals surface area contributed by atoms with E-state index in [-0.39, 0.29) is 30.9 Å². The van der Waals surface area contributed by atoms with Gasteiger partial charge in [-0.25, -0.2) is 0 Å². The number of hydrogen-bond acceptors (Lipinski definition) is 5. The second-order valence-electron chi connectivity index (χ2n) is 6.83. The van der Waals surface area contributed by atoms with Crippen molar-refractivity contribution in [2.75, 3.05) is 46.4 Å². The molecule has 1 fully saturated rings. The minimum Gasteiger partial charge on any atom is -0.492 e. The number of nitrogens with one attached hydrogen (secondary N) is 1. The van der Waals surface area contributed by atoms with Gasteiger partial charge in [-0.2, -0.15) is 0 Å². The summed E-state index contributed by atoms with van der Waals surface area (Å²) in [4.78, 5) is 26.8. The van der Waals surface area contributed by atoms with Crippen molar-refractivity contribution in [2.24, 2.45) is 0 Å². The molecule has 152 valence electrons. The summed E-state index contributed by atoms with van der Waals surface area (Å²) in [5.74, 6) is 0.00387. The van der Waals surface area contributed by atoms with Crippen LogP contribution in [0.4, 0.5) is 0 Å². The van der Waals surface area contributed by atoms with Crippen molar-refractivity contribution >= 4 is 24.3 Å². The van der Waals surface area contributed by atoms with E-state index in [1.54, 1.807) is 0 Å². The molecule has 8 heteroatoms. The molecule has 1 aliphatic heterocycles. The van der Waals surface area contributed by atoms with Gasteiger partial charge < -0.3 is 15.2 Å². The molecule has 1 aromatic rings. The van der Waals surface area contributed by atoms with Gasteiger partial charge in [0.05, 0.1) is 19.6 Å². The number of ether oxygens (including phenoxy) is 1. The number of halogens is 1. The summed E-state index contributed by atoms with van der Waals surface area (Å²) in [5.41, 5.74) is 1.14. The Balaban J connectivity index is 0.00000364. The van der Waals surface area contributed by atoms with Crippen LogP contribution < -0.4 is 10.1 Å². The normalized spacial score (nSPS) is 15.2. The third-order valence-electron chi connectivity index (χ3n) is 4.61. The van der Waals surface area contributed by atoms with E-state index in [4.69, 9.17) is 9.84 Å². The van der Waals surface area contributed by atoms with Gasteiger partial charge in [0.15, 0.2) is 0 Å². The molecule has 0 unspecified atom stereocenters. The predicted molar refractivity (Wildman–Crippen MR) is 107 cm³/mol. The Morgan fingerprint density at radius 2 is 2.04 bits per heavy atom. The Bertz CT molecular complexity index is 606. The predicted octanol–water partition coefficient (Wildman–Crippen LogP) is 1.39. The number of carbonyl (C=O) groups excluding carboxylic acids is 1. The van der Waals surface area contributed by atoms with Gasteiger partial charge in [0.25, 0.3) is 0 Å². The van der Waals surface area contributed by atoms with E-state index in [0.29, 0.717) is 19.7 Å². The minimum absolute atomic E-state index is 0. The smallest absolute Gasteiger partial charge is 0.317 e. The van der Waals surface area contributed by atoms with Crippen LogP contribution in [-0.4, -0.2) is 79.2 Å². The Morgan fingerprint density at radius 1 is 1.33 bits per heavy atom. The summed E-state index contributed by atoms with van der Waals surface area (Å²) in [6.45, 7) is 4.98. The molecule has 0 atom stereocenters. The van der Waals surface area contributed by atoms with Crippen LogP contribution in [0, 0.1) is 6.92 Å². The lowest BCUT2D eigenvalue weighted by molar-refractivity contribution is -0.138. The van der Waals surface area contributed by atoms with Gasteiger partial charge >= 0.3 is 5.97 Å². The van der Waals surface area contributed by atoms with Crippen molar-refractivity contribution in [3.8, 4) is 5.75 Å². The molecule has 0 saturated carbocycles. The highest BCUT2D eigenvalue weighted by molar-refractivity contribution is 5.85. The summed E-state index contributed by atoms with van der Waals surface area (Å²) in [7, 11) is 1.84. The minimum atomic E-state index is -0.804. The molecule has 1 aliphatic rings. The lowest BCUT2D eigenvalue weighted by Crippen LogP contribution is -2.47. The Kier molecular flexibility index (Phi) is 10.1. The summed E-state index contributed by atoms with van der Waals surface area (Å²) in [5, 5.41) is 11.7. The average Bonchev–Trinajstić information content (AvgIpc) is 2.59. The largest absolute Gasteiger partial charge is 0.492 e. The van der Waals surface area contributed by atoms with E-state index in [1.165, 1.54) is 0 Å². The Labute approximate surface area is 167 Å². The third kappa shape index (κ3) is 8.60. The second-order valence-corrected chi connectivity index (χ2v) is 6.83. The molecule has 0 spiro atoms. The van der Waals surface area contributed by atoms with Crippen LogP contribution in [0.2, 0.25) is 0 Å². The van der Waals surface area contributed by atoms with E-state index in [1.807, 2.05) is 43.1 Å². The number of carbonyl (C=O) groups is 2. The molecule has 0 bridgehead atoms. The number of rotatable bonds is 9. The number of aliphatic carboxylic acids is 1. The summed E-state index contributed by atoms with van der Waals surface area (Å²) < 4.78 is 5.62. The molecule has 1 saturated heterocycles. The fourth-order valence-corrected chi connectivity index (χ4v) is 3.18. The first-order valence-corrected chi connectivity index (χ1v) is 9.04. The molecular formula is C19H30ClN3O4. The van der Waals surface area contributed by atoms with Crippen molar-refractivity contribution in [3.63, 3.8) is 0 Å². The van der Waals surface area contributed by atoms with Crippen molar-refractivity contribution in [1.82, 2.24) is 15.1 Å². The van der Waals surface area contributed by atoms with Gasteiger partial charge in [-0.1, -0.05) is 12.1 Å². The highest BCUT2D eigenvalue weighted by atomic mass is 35.5. The van der Waals surface area contributed by atoms with Crippen molar-refractivity contribution in [2.45, 2.75) is 25.8 Å². The number of nitrogens with zero attached hydrogens (tertiary/aromatic N) is 2. The number of likely N-dealkylation sites (tertiary alicyclic amines) is 1. The van der Waals surface area contributed by atoms with Crippen LogP contribution in [0.5, 0.6) is 5.75 Å². The van der Waals surface area contributed by atoms with Crippen LogP contribution in [-0.2, 0) is 9.59 Å². The number of piperidine rings is 1. The number of benzene rings is 1. The number of carboxylic acids is 1. The first kappa shape index (κ1) is 23.2. The van der Waals surface area contributed by atoms with Crippen LogP contribution in [0.15, 0.2) is 24.3 Å². The van der Waals surface area contributed by atoms with E-state index >= 15 is 0 Å². The highest BCUT2D eigenvalue weighted by Crippen LogP contribution is 2.15. The molecule has 0 aliphatic carbocycles. The van der Waals surface area contributed by atoms with E-state index in [0.717, 1.165) is 37.2 Å². The molecule has 1 aromatic carbocycles. The average molecular weight is 400 g/mol. The standard InChI is InChI=1S/C19H29N3O4.ClH/c1-15-4-3-5-17(12-15)26-11-8-20-18(23)13-22-9-6-16(7-10-22)21(2)14-19(24)25;/h3-5,12,16H,6-11,13-14H2,1-2H3,(H,20,23)(H,24,25);1H. The van der Waals surface area contributed by atoms with E-state index in [2.05, 4.69) is 10.2 Å². The quantitative estimate of drug-likeness (QED) is 0.611. The van der Waals surface area contributed by atoms with Crippen LogP contribution in [0.25, 0.3) is 0 Å². The monoisotopic (exact) mass is 399 g/mol. The van der Waals surface area contributed by atoms with Gasteiger partial charge in [0.1, 0.15) is 12.4 Å². The maximum atomic E-state index is 12.0. The van der Waals surface area contributed by atoms with Gasteiger partial charge in [0.2, 0.25) is 5.91 Å². The molecule has 0 aromatic heterocycles. The maximum Gasteiger partial charge on any atom is 0.317 e. The fraction of sp³-hybridized carbons (Fsp3) is 0.579. The van der Waals surface area contributed by atoms with Crippen molar-refractivity contribution in [3.05, 3.63) is 29.8 Å². The maximum absolute atomic E-state index is 12.0. The lowest BCUT2D eigenvalue weighted by Gasteiger charge is -2.35. The molecule has 2 N–H and O–H groups in total. The molecule has 0 radical (unpaired) electrons. The lowest BCUT2D eigenvalue weighted by atomic mass is 10.0. The fourth-order valence-electron chi connectivity index (χ4n) is 3.18. The second kappa shape index (κ2) is 11.8. The van der Waals surface area contributed by atoms with Crippen LogP contribution >= 0.6 is 12.4 Å². The first-order chi connectivity index (χ1) is 12.4. The van der Waals surface area contributed by atoms with E-state index in [9.17, 15) is 9.59 Å². The van der Waals surface area contributed by atoms with Gasteiger partial charge in [-0.3, -0.25) is 19.4 Å². The van der Waals surface area contributed by atoms with Gasteiger partial charge in [0, 0.05) is 19.1 Å². The van der Waals surface area contributed by atoms with Gasteiger partial charge in [-0.05, 0) is 44.5 Å². The SMILES string of the molecule is Cc1cccc(OCCNC(=O)CN2CCC(N(C)CC(=O)O)CC2)c1.Cl. The summed E-state index contributed by atoms with van der Waals surface area (Å²) >= 11 is 0. The number of carboxylic acid groups (broad SMARTS) is 1. The number of amides is 1. The van der Waals surface area contributed by atoms with E-state index < -0.39 is 5.97 Å². The highest BCUT2D eigenvalue weighted by Gasteiger charge is 2.24. The number of aryl methyl sites for hydroxylation is 1. The van der Waals surface area contributed by atoms with Crippen molar-refractivity contribution < 1.29 is 19.4 Å². The molecule has 2 rings (SSSR count). The number of likely N-dealkylation sites (N-methyl/N-ethyl adjacent to an activating group) is 1. The molecular weight excluding hydrogens is 370 g/mol. The zero-order valence-electron chi connectivity index (χ0n) is 16.0.